The molecular formula is C16H19NO4. The summed E-state index contributed by atoms with van der Waals surface area (Å²) in [6, 6.07) is 5.55. The molecular weight excluding hydrogens is 270 g/mol. The minimum absolute atomic E-state index is 0.00745. The lowest BCUT2D eigenvalue weighted by molar-refractivity contribution is -0.141. The average molecular weight is 289 g/mol. The molecule has 1 aromatic carbocycles. The number of carbonyl (C=O) groups is 2. The number of phenols is 1. The van der Waals surface area contributed by atoms with Crippen molar-refractivity contribution in [2.75, 3.05) is 0 Å². The van der Waals surface area contributed by atoms with Crippen molar-refractivity contribution in [3.63, 3.8) is 0 Å². The lowest BCUT2D eigenvalue weighted by Gasteiger charge is -2.33. The number of carboxylic acid groups (broad SMARTS) is 1. The van der Waals surface area contributed by atoms with Crippen LogP contribution in [0.2, 0.25) is 0 Å². The molecule has 2 N–H and O–H groups in total. The first-order valence-corrected chi connectivity index (χ1v) is 7.43. The summed E-state index contributed by atoms with van der Waals surface area (Å²) in [5.74, 6) is -1.14. The van der Waals surface area contributed by atoms with E-state index in [0.717, 1.165) is 25.7 Å². The van der Waals surface area contributed by atoms with Gasteiger partial charge in [0, 0.05) is 6.04 Å². The van der Waals surface area contributed by atoms with E-state index in [9.17, 15) is 19.8 Å². The molecule has 0 radical (unpaired) electrons. The van der Waals surface area contributed by atoms with Crippen LogP contribution in [-0.4, -0.2) is 39.1 Å². The van der Waals surface area contributed by atoms with Crippen LogP contribution in [0.1, 0.15) is 42.5 Å². The van der Waals surface area contributed by atoms with Crippen molar-refractivity contribution >= 4 is 11.9 Å². The van der Waals surface area contributed by atoms with Crippen LogP contribution in [0, 0.1) is 5.92 Å². The van der Waals surface area contributed by atoms with E-state index in [1.807, 2.05) is 0 Å². The number of nitrogens with zero attached hydrogens (tertiary/aromatic N) is 1. The normalized spacial score (nSPS) is 28.2. The summed E-state index contributed by atoms with van der Waals surface area (Å²) in [5, 5.41) is 19.3. The minimum Gasteiger partial charge on any atom is -0.507 e. The Hall–Kier alpha value is -2.04. The van der Waals surface area contributed by atoms with E-state index < -0.39 is 12.0 Å². The maximum atomic E-state index is 12.7. The van der Waals surface area contributed by atoms with Crippen molar-refractivity contribution in [3.05, 3.63) is 29.8 Å². The number of aliphatic carboxylic acids is 1. The molecule has 1 saturated heterocycles. The second kappa shape index (κ2) is 5.39. The second-order valence-corrected chi connectivity index (χ2v) is 5.93. The summed E-state index contributed by atoms with van der Waals surface area (Å²) in [5.41, 5.74) is 0.190. The fourth-order valence-corrected chi connectivity index (χ4v) is 3.77. The number of rotatable bonds is 2. The van der Waals surface area contributed by atoms with Crippen LogP contribution < -0.4 is 0 Å². The highest BCUT2D eigenvalue weighted by molar-refractivity contribution is 5.99. The summed E-state index contributed by atoms with van der Waals surface area (Å²) in [4.78, 5) is 25.8. The molecule has 0 spiro atoms. The van der Waals surface area contributed by atoms with Gasteiger partial charge in [0.15, 0.2) is 0 Å². The molecule has 1 aromatic rings. The largest absolute Gasteiger partial charge is 0.507 e. The predicted molar refractivity (Wildman–Crippen MR) is 76.1 cm³/mol. The Balaban J connectivity index is 1.95. The third-order valence-corrected chi connectivity index (χ3v) is 4.74. The Kier molecular flexibility index (Phi) is 3.57. The lowest BCUT2D eigenvalue weighted by Crippen LogP contribution is -2.46. The van der Waals surface area contributed by atoms with E-state index in [4.69, 9.17) is 0 Å². The summed E-state index contributed by atoms with van der Waals surface area (Å²) < 4.78 is 0. The highest BCUT2D eigenvalue weighted by Gasteiger charge is 2.47. The van der Waals surface area contributed by atoms with Gasteiger partial charge in [0.25, 0.3) is 5.91 Å². The van der Waals surface area contributed by atoms with Crippen molar-refractivity contribution in [3.8, 4) is 5.75 Å². The number of para-hydroxylation sites is 1. The topological polar surface area (TPSA) is 77.8 Å². The standard InChI is InChI=1S/C16H19NO4/c18-14-8-4-2-6-11(14)15(19)17-12-7-3-1-5-10(12)9-13(17)16(20)21/h2,4,6,8,10,12-13,18H,1,3,5,7,9H2,(H,20,21). The van der Waals surface area contributed by atoms with E-state index in [0.29, 0.717) is 6.42 Å². The molecule has 112 valence electrons. The predicted octanol–water partition coefficient (Wildman–Crippen LogP) is 2.25. The van der Waals surface area contributed by atoms with Gasteiger partial charge in [-0.1, -0.05) is 25.0 Å². The summed E-state index contributed by atoms with van der Waals surface area (Å²) >= 11 is 0. The van der Waals surface area contributed by atoms with Gasteiger partial charge in [-0.25, -0.2) is 4.79 Å². The molecule has 0 aromatic heterocycles. The van der Waals surface area contributed by atoms with Crippen molar-refractivity contribution in [2.45, 2.75) is 44.2 Å². The second-order valence-electron chi connectivity index (χ2n) is 5.93. The van der Waals surface area contributed by atoms with E-state index in [1.54, 1.807) is 18.2 Å². The quantitative estimate of drug-likeness (QED) is 0.875. The monoisotopic (exact) mass is 289 g/mol. The van der Waals surface area contributed by atoms with Gasteiger partial charge in [-0.15, -0.1) is 0 Å². The van der Waals surface area contributed by atoms with Crippen molar-refractivity contribution in [1.29, 1.82) is 0 Å². The molecule has 1 amide bonds. The lowest BCUT2D eigenvalue weighted by atomic mass is 9.84. The molecule has 5 heteroatoms. The fraction of sp³-hybridized carbons (Fsp3) is 0.500. The maximum Gasteiger partial charge on any atom is 0.326 e. The molecule has 3 rings (SSSR count). The number of carboxylic acids is 1. The molecule has 2 fully saturated rings. The number of hydrogen-bond acceptors (Lipinski definition) is 3. The van der Waals surface area contributed by atoms with Gasteiger partial charge in [0.05, 0.1) is 5.56 Å². The van der Waals surface area contributed by atoms with E-state index in [-0.39, 0.29) is 29.2 Å². The number of amides is 1. The van der Waals surface area contributed by atoms with Gasteiger partial charge in [0.1, 0.15) is 11.8 Å². The fourth-order valence-electron chi connectivity index (χ4n) is 3.77. The number of hydrogen-bond donors (Lipinski definition) is 2. The molecule has 1 saturated carbocycles. The van der Waals surface area contributed by atoms with Gasteiger partial charge in [0.2, 0.25) is 0 Å². The number of phenolic OH excluding ortho intramolecular Hbond substituents is 1. The van der Waals surface area contributed by atoms with Gasteiger partial charge in [-0.05, 0) is 37.3 Å². The molecule has 21 heavy (non-hydrogen) atoms. The average Bonchev–Trinajstić information content (AvgIpc) is 2.86. The molecule has 5 nitrogen and oxygen atoms in total. The van der Waals surface area contributed by atoms with Crippen LogP contribution in [0.25, 0.3) is 0 Å². The molecule has 0 bridgehead atoms. The smallest absolute Gasteiger partial charge is 0.326 e. The van der Waals surface area contributed by atoms with Gasteiger partial charge < -0.3 is 15.1 Å². The van der Waals surface area contributed by atoms with E-state index >= 15 is 0 Å². The number of benzene rings is 1. The molecule has 3 atom stereocenters. The third kappa shape index (κ3) is 2.37. The highest BCUT2D eigenvalue weighted by Crippen LogP contribution is 2.41. The maximum absolute atomic E-state index is 12.7. The third-order valence-electron chi connectivity index (χ3n) is 4.74. The molecule has 3 unspecified atom stereocenters. The van der Waals surface area contributed by atoms with E-state index in [2.05, 4.69) is 0 Å². The van der Waals surface area contributed by atoms with Crippen molar-refractivity contribution < 1.29 is 19.8 Å². The Labute approximate surface area is 123 Å². The first-order chi connectivity index (χ1) is 10.1. The van der Waals surface area contributed by atoms with Gasteiger partial charge in [-0.3, -0.25) is 4.79 Å². The Morgan fingerprint density at radius 2 is 1.86 bits per heavy atom. The Morgan fingerprint density at radius 1 is 1.14 bits per heavy atom. The zero-order chi connectivity index (χ0) is 15.0. The molecule has 1 aliphatic carbocycles. The van der Waals surface area contributed by atoms with Crippen molar-refractivity contribution in [1.82, 2.24) is 4.90 Å². The SMILES string of the molecule is O=C(O)C1CC2CCCCC2N1C(=O)c1ccccc1O. The Morgan fingerprint density at radius 3 is 2.57 bits per heavy atom. The Bertz CT molecular complexity index is 571. The number of likely N-dealkylation sites (tertiary alicyclic amines) is 1. The van der Waals surface area contributed by atoms with Crippen LogP contribution in [0.3, 0.4) is 0 Å². The zero-order valence-corrected chi connectivity index (χ0v) is 11.7. The van der Waals surface area contributed by atoms with Crippen molar-refractivity contribution in [2.24, 2.45) is 5.92 Å². The van der Waals surface area contributed by atoms with Crippen LogP contribution in [0.4, 0.5) is 0 Å². The summed E-state index contributed by atoms with van der Waals surface area (Å²) in [6.45, 7) is 0. The van der Waals surface area contributed by atoms with Crippen LogP contribution in [-0.2, 0) is 4.79 Å². The molecule has 1 aliphatic heterocycles. The van der Waals surface area contributed by atoms with Crippen LogP contribution >= 0.6 is 0 Å². The van der Waals surface area contributed by atoms with E-state index in [1.165, 1.54) is 11.0 Å². The van der Waals surface area contributed by atoms with Crippen LogP contribution in [0.5, 0.6) is 5.75 Å². The molecule has 2 aliphatic rings. The van der Waals surface area contributed by atoms with Crippen LogP contribution in [0.15, 0.2) is 24.3 Å². The zero-order valence-electron chi connectivity index (χ0n) is 11.7. The number of carbonyl (C=O) groups excluding carboxylic acids is 1. The summed E-state index contributed by atoms with van der Waals surface area (Å²) in [6.07, 6.45) is 4.50. The van der Waals surface area contributed by atoms with Gasteiger partial charge >= 0.3 is 5.97 Å². The first kappa shape index (κ1) is 13.9. The number of aromatic hydroxyl groups is 1. The minimum atomic E-state index is -0.951. The van der Waals surface area contributed by atoms with Gasteiger partial charge in [-0.2, -0.15) is 0 Å². The summed E-state index contributed by atoms with van der Waals surface area (Å²) in [7, 11) is 0. The molecule has 1 heterocycles. The highest BCUT2D eigenvalue weighted by atomic mass is 16.4. The number of fused-ring (bicyclic) bond motifs is 1. The first-order valence-electron chi connectivity index (χ1n) is 7.43.